The molecule has 2 rings (SSSR count). The van der Waals surface area contributed by atoms with E-state index in [1.807, 2.05) is 23.1 Å². The molecule has 5 nitrogen and oxygen atoms in total. The van der Waals surface area contributed by atoms with Crippen LogP contribution in [0.2, 0.25) is 0 Å². The minimum absolute atomic E-state index is 0. The molecule has 0 saturated carbocycles. The first-order valence-corrected chi connectivity index (χ1v) is 8.86. The van der Waals surface area contributed by atoms with Gasteiger partial charge in [0.05, 0.1) is 14.2 Å². The van der Waals surface area contributed by atoms with Crippen molar-refractivity contribution in [3.05, 3.63) is 23.8 Å². The lowest BCUT2D eigenvalue weighted by atomic mass is 9.96. The smallest absolute Gasteiger partial charge is 0.222 e. The van der Waals surface area contributed by atoms with E-state index in [0.29, 0.717) is 18.8 Å². The third kappa shape index (κ3) is 6.75. The molecule has 0 spiro atoms. The Morgan fingerprint density at radius 1 is 1.16 bits per heavy atom. The maximum absolute atomic E-state index is 12.4. The Bertz CT molecular complexity index is 509. The number of carbonyl (C=O) groups excluding carboxylic acids is 1. The molecule has 6 heteroatoms. The van der Waals surface area contributed by atoms with Crippen LogP contribution in [0.4, 0.5) is 0 Å². The summed E-state index contributed by atoms with van der Waals surface area (Å²) in [6.45, 7) is 5.99. The van der Waals surface area contributed by atoms with Crippen molar-refractivity contribution in [3.63, 3.8) is 0 Å². The number of ether oxygens (including phenoxy) is 2. The number of methoxy groups -OCH3 is 2. The van der Waals surface area contributed by atoms with E-state index in [-0.39, 0.29) is 18.3 Å². The quantitative estimate of drug-likeness (QED) is 0.764. The number of piperidine rings is 1. The molecule has 1 saturated heterocycles. The lowest BCUT2D eigenvalue weighted by Gasteiger charge is -2.32. The molecule has 1 fully saturated rings. The van der Waals surface area contributed by atoms with E-state index >= 15 is 0 Å². The number of hydrogen-bond donors (Lipinski definition) is 1. The fraction of sp³-hybridized carbons (Fsp3) is 0.632. The summed E-state index contributed by atoms with van der Waals surface area (Å²) in [6.07, 6.45) is 3.45. The van der Waals surface area contributed by atoms with Crippen molar-refractivity contribution in [3.8, 4) is 11.5 Å². The Hall–Kier alpha value is -1.46. The summed E-state index contributed by atoms with van der Waals surface area (Å²) in [6, 6.07) is 5.79. The van der Waals surface area contributed by atoms with Gasteiger partial charge in [0.1, 0.15) is 11.5 Å². The van der Waals surface area contributed by atoms with Crippen LogP contribution in [0.15, 0.2) is 18.2 Å². The molecule has 1 aromatic rings. The minimum atomic E-state index is 0. The summed E-state index contributed by atoms with van der Waals surface area (Å²) < 4.78 is 10.6. The second-order valence-corrected chi connectivity index (χ2v) is 6.35. The average molecular weight is 371 g/mol. The lowest BCUT2D eigenvalue weighted by molar-refractivity contribution is -0.132. The first kappa shape index (κ1) is 21.6. The third-order valence-electron chi connectivity index (χ3n) is 4.69. The summed E-state index contributed by atoms with van der Waals surface area (Å²) in [7, 11) is 3.28. The maximum Gasteiger partial charge on any atom is 0.222 e. The lowest BCUT2D eigenvalue weighted by Crippen LogP contribution is -2.40. The van der Waals surface area contributed by atoms with Crippen LogP contribution in [0.3, 0.4) is 0 Å². The summed E-state index contributed by atoms with van der Waals surface area (Å²) in [4.78, 5) is 14.5. The first-order valence-electron chi connectivity index (χ1n) is 8.86. The first-order chi connectivity index (χ1) is 11.7. The number of likely N-dealkylation sites (tertiary alicyclic amines) is 1. The molecule has 0 aliphatic carbocycles. The van der Waals surface area contributed by atoms with E-state index in [1.165, 1.54) is 0 Å². The molecular formula is C19H31ClN2O3. The fourth-order valence-corrected chi connectivity index (χ4v) is 3.16. The molecule has 1 aromatic carbocycles. The van der Waals surface area contributed by atoms with Crippen LogP contribution in [0, 0.1) is 5.92 Å². The summed E-state index contributed by atoms with van der Waals surface area (Å²) in [5.74, 6) is 2.48. The zero-order valence-electron chi connectivity index (χ0n) is 15.5. The van der Waals surface area contributed by atoms with E-state index in [2.05, 4.69) is 12.2 Å². The van der Waals surface area contributed by atoms with Gasteiger partial charge in [0.15, 0.2) is 0 Å². The van der Waals surface area contributed by atoms with Gasteiger partial charge in [-0.25, -0.2) is 0 Å². The van der Waals surface area contributed by atoms with Gasteiger partial charge in [-0.3, -0.25) is 4.79 Å². The van der Waals surface area contributed by atoms with Crippen LogP contribution in [0.5, 0.6) is 11.5 Å². The van der Waals surface area contributed by atoms with Gasteiger partial charge in [0.25, 0.3) is 0 Å². The van der Waals surface area contributed by atoms with Crippen molar-refractivity contribution in [2.24, 2.45) is 5.92 Å². The molecule has 1 N–H and O–H groups in total. The monoisotopic (exact) mass is 370 g/mol. The van der Waals surface area contributed by atoms with Gasteiger partial charge in [0, 0.05) is 25.6 Å². The zero-order valence-corrected chi connectivity index (χ0v) is 16.4. The van der Waals surface area contributed by atoms with E-state index < -0.39 is 0 Å². The van der Waals surface area contributed by atoms with Crippen LogP contribution < -0.4 is 14.8 Å². The Balaban J connectivity index is 0.00000312. The van der Waals surface area contributed by atoms with Crippen molar-refractivity contribution in [2.75, 3.05) is 40.4 Å². The number of carbonyl (C=O) groups is 1. The molecule has 0 atom stereocenters. The largest absolute Gasteiger partial charge is 0.497 e. The maximum atomic E-state index is 12.4. The molecule has 1 heterocycles. The van der Waals surface area contributed by atoms with Gasteiger partial charge in [0.2, 0.25) is 5.91 Å². The Morgan fingerprint density at radius 3 is 2.28 bits per heavy atom. The normalized spacial score (nSPS) is 14.8. The molecule has 0 radical (unpaired) electrons. The Kier molecular flexibility index (Phi) is 9.68. The van der Waals surface area contributed by atoms with E-state index in [9.17, 15) is 4.79 Å². The Morgan fingerprint density at radius 2 is 1.76 bits per heavy atom. The number of aryl methyl sites for hydroxylation is 1. The van der Waals surface area contributed by atoms with Crippen molar-refractivity contribution in [1.29, 1.82) is 0 Å². The molecule has 1 aliphatic rings. The molecule has 0 aromatic heterocycles. The summed E-state index contributed by atoms with van der Waals surface area (Å²) >= 11 is 0. The van der Waals surface area contributed by atoms with Crippen LogP contribution in [-0.4, -0.2) is 51.2 Å². The van der Waals surface area contributed by atoms with Crippen LogP contribution in [-0.2, 0) is 11.2 Å². The van der Waals surface area contributed by atoms with Gasteiger partial charge in [-0.2, -0.15) is 0 Å². The zero-order chi connectivity index (χ0) is 17.4. The molecule has 25 heavy (non-hydrogen) atoms. The highest BCUT2D eigenvalue weighted by Crippen LogP contribution is 2.24. The van der Waals surface area contributed by atoms with Crippen molar-refractivity contribution < 1.29 is 14.3 Å². The van der Waals surface area contributed by atoms with Gasteiger partial charge in [-0.1, -0.05) is 6.92 Å². The molecule has 142 valence electrons. The van der Waals surface area contributed by atoms with Gasteiger partial charge >= 0.3 is 0 Å². The van der Waals surface area contributed by atoms with Crippen molar-refractivity contribution >= 4 is 18.3 Å². The highest BCUT2D eigenvalue weighted by molar-refractivity contribution is 5.85. The number of amides is 1. The summed E-state index contributed by atoms with van der Waals surface area (Å²) in [5, 5.41) is 3.40. The van der Waals surface area contributed by atoms with Gasteiger partial charge in [-0.15, -0.1) is 12.4 Å². The molecule has 0 unspecified atom stereocenters. The van der Waals surface area contributed by atoms with E-state index in [4.69, 9.17) is 9.47 Å². The molecule has 1 aliphatic heterocycles. The van der Waals surface area contributed by atoms with Gasteiger partial charge in [-0.05, 0) is 56.0 Å². The van der Waals surface area contributed by atoms with Crippen molar-refractivity contribution in [1.82, 2.24) is 10.2 Å². The van der Waals surface area contributed by atoms with Crippen LogP contribution in [0.25, 0.3) is 0 Å². The SMILES string of the molecule is CCNCC1CCN(C(=O)CCc2cc(OC)cc(OC)c2)CC1.Cl. The third-order valence-corrected chi connectivity index (χ3v) is 4.69. The second-order valence-electron chi connectivity index (χ2n) is 6.35. The topological polar surface area (TPSA) is 50.8 Å². The highest BCUT2D eigenvalue weighted by Gasteiger charge is 2.22. The van der Waals surface area contributed by atoms with Gasteiger partial charge < -0.3 is 19.7 Å². The summed E-state index contributed by atoms with van der Waals surface area (Å²) in [5.41, 5.74) is 1.07. The predicted octanol–water partition coefficient (Wildman–Crippen LogP) is 2.91. The number of hydrogen-bond acceptors (Lipinski definition) is 4. The molecular weight excluding hydrogens is 340 g/mol. The van der Waals surface area contributed by atoms with E-state index in [1.54, 1.807) is 14.2 Å². The molecule has 1 amide bonds. The Labute approximate surface area is 157 Å². The number of benzene rings is 1. The highest BCUT2D eigenvalue weighted by atomic mass is 35.5. The average Bonchev–Trinajstić information content (AvgIpc) is 2.64. The van der Waals surface area contributed by atoms with Crippen molar-refractivity contribution in [2.45, 2.75) is 32.6 Å². The standard InChI is InChI=1S/C19H30N2O3.ClH/c1-4-20-14-15-7-9-21(10-8-15)19(22)6-5-16-11-17(23-2)13-18(12-16)24-3;/h11-13,15,20H,4-10,14H2,1-3H3;1H. The predicted molar refractivity (Wildman–Crippen MR) is 103 cm³/mol. The number of nitrogens with zero attached hydrogens (tertiary/aromatic N) is 1. The van der Waals surface area contributed by atoms with E-state index in [0.717, 1.165) is 56.1 Å². The van der Waals surface area contributed by atoms with Crippen LogP contribution >= 0.6 is 12.4 Å². The number of halogens is 1. The second kappa shape index (κ2) is 11.2. The number of nitrogens with one attached hydrogen (secondary N) is 1. The van der Waals surface area contributed by atoms with Crippen LogP contribution in [0.1, 0.15) is 31.7 Å². The molecule has 0 bridgehead atoms. The minimum Gasteiger partial charge on any atom is -0.497 e. The number of rotatable bonds is 8. The fourth-order valence-electron chi connectivity index (χ4n) is 3.16.